The number of nitriles is 1. The number of nitrogens with one attached hydrogen (secondary N) is 1. The molecule has 134 valence electrons. The van der Waals surface area contributed by atoms with Crippen LogP contribution in [0.4, 0.5) is 10.7 Å². The highest BCUT2D eigenvalue weighted by Crippen LogP contribution is 2.37. The third kappa shape index (κ3) is 2.83. The van der Waals surface area contributed by atoms with Crippen LogP contribution in [0.1, 0.15) is 31.2 Å². The van der Waals surface area contributed by atoms with Crippen LogP contribution in [-0.4, -0.2) is 10.9 Å². The van der Waals surface area contributed by atoms with Crippen molar-refractivity contribution in [3.8, 4) is 6.07 Å². The summed E-state index contributed by atoms with van der Waals surface area (Å²) in [5.74, 6) is -0.312. The first-order valence-corrected chi connectivity index (χ1v) is 9.93. The zero-order chi connectivity index (χ0) is 19.3. The van der Waals surface area contributed by atoms with E-state index >= 15 is 0 Å². The summed E-state index contributed by atoms with van der Waals surface area (Å²) in [6.07, 6.45) is 0. The molecule has 3 aromatic heterocycles. The van der Waals surface area contributed by atoms with Gasteiger partial charge in [0.05, 0.1) is 16.8 Å². The number of benzene rings is 1. The molecule has 0 saturated heterocycles. The predicted octanol–water partition coefficient (Wildman–Crippen LogP) is 5.14. The molecule has 4 aromatic rings. The van der Waals surface area contributed by atoms with Crippen LogP contribution < -0.4 is 11.1 Å². The summed E-state index contributed by atoms with van der Waals surface area (Å²) in [5.41, 5.74) is 10.1. The van der Waals surface area contributed by atoms with Crippen molar-refractivity contribution >= 4 is 60.4 Å². The summed E-state index contributed by atoms with van der Waals surface area (Å²) in [6, 6.07) is 10.2. The molecule has 0 radical (unpaired) electrons. The molecule has 0 atom stereocenters. The number of aromatic nitrogens is 1. The van der Waals surface area contributed by atoms with Gasteiger partial charge in [0.1, 0.15) is 20.8 Å². The molecular weight excluding hydrogens is 376 g/mol. The Morgan fingerprint density at radius 1 is 1.22 bits per heavy atom. The number of anilines is 2. The molecule has 0 fully saturated rings. The molecule has 7 heteroatoms. The normalized spacial score (nSPS) is 11.0. The van der Waals surface area contributed by atoms with Crippen LogP contribution >= 0.6 is 22.7 Å². The van der Waals surface area contributed by atoms with Gasteiger partial charge in [-0.25, -0.2) is 4.98 Å². The van der Waals surface area contributed by atoms with Crippen LogP contribution in [0.5, 0.6) is 0 Å². The lowest BCUT2D eigenvalue weighted by molar-refractivity contribution is 0.103. The minimum Gasteiger partial charge on any atom is -0.397 e. The molecule has 1 aromatic carbocycles. The highest BCUT2D eigenvalue weighted by Gasteiger charge is 2.21. The van der Waals surface area contributed by atoms with Crippen molar-refractivity contribution in [3.63, 3.8) is 0 Å². The van der Waals surface area contributed by atoms with E-state index in [-0.39, 0.29) is 5.91 Å². The predicted molar refractivity (Wildman–Crippen MR) is 113 cm³/mol. The maximum absolute atomic E-state index is 12.8. The van der Waals surface area contributed by atoms with Crippen LogP contribution in [0.25, 0.3) is 21.1 Å². The zero-order valence-electron chi connectivity index (χ0n) is 15.0. The number of hydrogen-bond acceptors (Lipinski definition) is 6. The molecule has 0 spiro atoms. The fraction of sp³-hybridized carbons (Fsp3) is 0.150. The first-order chi connectivity index (χ1) is 12.9. The first-order valence-electron chi connectivity index (χ1n) is 8.30. The third-order valence-corrected chi connectivity index (χ3v) is 6.84. The maximum atomic E-state index is 12.8. The molecule has 4 rings (SSSR count). The standard InChI is InChI=1S/C20H16N4OS2/c1-9-4-5-12-7-13-16(22)17(27-19(13)23-15(12)6-9)18(25)24-20-14(8-21)10(2)11(3)26-20/h4-7H,22H2,1-3H3,(H,24,25). The van der Waals surface area contributed by atoms with E-state index in [9.17, 15) is 10.1 Å². The van der Waals surface area contributed by atoms with Gasteiger partial charge in [-0.05, 0) is 44.0 Å². The SMILES string of the molecule is Cc1ccc2cc3c(N)c(C(=O)Nc4sc(C)c(C)c4C#N)sc3nc2c1. The van der Waals surface area contributed by atoms with Crippen molar-refractivity contribution in [2.24, 2.45) is 0 Å². The van der Waals surface area contributed by atoms with Gasteiger partial charge in [-0.3, -0.25) is 4.79 Å². The van der Waals surface area contributed by atoms with Crippen molar-refractivity contribution < 1.29 is 4.79 Å². The summed E-state index contributed by atoms with van der Waals surface area (Å²) in [6.45, 7) is 5.83. The van der Waals surface area contributed by atoms with Gasteiger partial charge in [-0.1, -0.05) is 12.1 Å². The number of nitrogens with zero attached hydrogens (tertiary/aromatic N) is 2. The van der Waals surface area contributed by atoms with Gasteiger partial charge < -0.3 is 11.1 Å². The Balaban J connectivity index is 1.78. The van der Waals surface area contributed by atoms with Crippen molar-refractivity contribution in [1.29, 1.82) is 5.26 Å². The monoisotopic (exact) mass is 392 g/mol. The van der Waals surface area contributed by atoms with Gasteiger partial charge in [0.25, 0.3) is 5.91 Å². The maximum Gasteiger partial charge on any atom is 0.268 e. The molecule has 3 heterocycles. The summed E-state index contributed by atoms with van der Waals surface area (Å²) in [4.78, 5) is 19.7. The Morgan fingerprint density at radius 3 is 2.74 bits per heavy atom. The number of fused-ring (bicyclic) bond motifs is 2. The molecule has 27 heavy (non-hydrogen) atoms. The zero-order valence-corrected chi connectivity index (χ0v) is 16.6. The number of hydrogen-bond donors (Lipinski definition) is 2. The quantitative estimate of drug-likeness (QED) is 0.494. The minimum absolute atomic E-state index is 0.312. The molecule has 1 amide bonds. The Kier molecular flexibility index (Phi) is 4.10. The number of carbonyl (C=O) groups is 1. The smallest absolute Gasteiger partial charge is 0.268 e. The Bertz CT molecular complexity index is 1280. The Morgan fingerprint density at radius 2 is 2.00 bits per heavy atom. The Hall–Kier alpha value is -2.95. The van der Waals surface area contributed by atoms with E-state index in [1.165, 1.54) is 22.7 Å². The number of thiophene rings is 2. The lowest BCUT2D eigenvalue weighted by atomic mass is 10.1. The number of nitrogens with two attached hydrogens (primary N) is 1. The van der Waals surface area contributed by atoms with E-state index in [2.05, 4.69) is 16.4 Å². The third-order valence-electron chi connectivity index (χ3n) is 4.60. The molecule has 0 unspecified atom stereocenters. The van der Waals surface area contributed by atoms with Gasteiger partial charge in [-0.2, -0.15) is 5.26 Å². The van der Waals surface area contributed by atoms with Gasteiger partial charge in [0.2, 0.25) is 0 Å². The average molecular weight is 393 g/mol. The topological polar surface area (TPSA) is 91.8 Å². The molecule has 0 aliphatic rings. The van der Waals surface area contributed by atoms with E-state index in [1.54, 1.807) is 0 Å². The van der Waals surface area contributed by atoms with Gasteiger partial charge >= 0.3 is 0 Å². The van der Waals surface area contributed by atoms with E-state index in [4.69, 9.17) is 5.73 Å². The summed E-state index contributed by atoms with van der Waals surface area (Å²) >= 11 is 2.67. The van der Waals surface area contributed by atoms with Crippen molar-refractivity contribution in [3.05, 3.63) is 50.7 Å². The number of pyridine rings is 1. The first kappa shape index (κ1) is 17.5. The van der Waals surface area contributed by atoms with E-state index in [0.717, 1.165) is 37.1 Å². The number of amides is 1. The summed E-state index contributed by atoms with van der Waals surface area (Å²) < 4.78 is 0. The van der Waals surface area contributed by atoms with Crippen LogP contribution in [0, 0.1) is 32.1 Å². The number of nitrogen functional groups attached to an aromatic ring is 1. The second-order valence-electron chi connectivity index (χ2n) is 6.44. The largest absolute Gasteiger partial charge is 0.397 e. The Labute approximate surface area is 164 Å². The van der Waals surface area contributed by atoms with Crippen molar-refractivity contribution in [2.75, 3.05) is 11.1 Å². The fourth-order valence-electron chi connectivity index (χ4n) is 2.98. The van der Waals surface area contributed by atoms with E-state index in [1.807, 2.05) is 45.0 Å². The lowest BCUT2D eigenvalue weighted by Crippen LogP contribution is -2.11. The highest BCUT2D eigenvalue weighted by molar-refractivity contribution is 7.21. The van der Waals surface area contributed by atoms with Crippen LogP contribution in [0.15, 0.2) is 24.3 Å². The number of rotatable bonds is 2. The molecule has 0 aliphatic heterocycles. The van der Waals surface area contributed by atoms with Gasteiger partial charge in [-0.15, -0.1) is 22.7 Å². The van der Waals surface area contributed by atoms with E-state index < -0.39 is 0 Å². The van der Waals surface area contributed by atoms with Crippen molar-refractivity contribution in [1.82, 2.24) is 4.98 Å². The minimum atomic E-state index is -0.312. The second-order valence-corrected chi connectivity index (χ2v) is 8.66. The highest BCUT2D eigenvalue weighted by atomic mass is 32.1. The second kappa shape index (κ2) is 6.34. The fourth-order valence-corrected chi connectivity index (χ4v) is 4.97. The van der Waals surface area contributed by atoms with Crippen LogP contribution in [-0.2, 0) is 0 Å². The molecular formula is C20H16N4OS2. The number of aryl methyl sites for hydroxylation is 2. The van der Waals surface area contributed by atoms with Crippen LogP contribution in [0.3, 0.4) is 0 Å². The molecule has 0 bridgehead atoms. The molecule has 5 nitrogen and oxygen atoms in total. The van der Waals surface area contributed by atoms with Crippen molar-refractivity contribution in [2.45, 2.75) is 20.8 Å². The van der Waals surface area contributed by atoms with Crippen LogP contribution in [0.2, 0.25) is 0 Å². The summed E-state index contributed by atoms with van der Waals surface area (Å²) in [7, 11) is 0. The molecule has 3 N–H and O–H groups in total. The number of carbonyl (C=O) groups excluding carboxylic acids is 1. The van der Waals surface area contributed by atoms with E-state index in [0.29, 0.717) is 21.1 Å². The average Bonchev–Trinajstić information content (AvgIpc) is 3.09. The summed E-state index contributed by atoms with van der Waals surface area (Å²) in [5, 5.41) is 14.5. The molecule has 0 aliphatic carbocycles. The van der Waals surface area contributed by atoms with Gasteiger partial charge in [0.15, 0.2) is 0 Å². The molecule has 0 saturated carbocycles. The lowest BCUT2D eigenvalue weighted by Gasteiger charge is -2.02. The van der Waals surface area contributed by atoms with Gasteiger partial charge in [0, 0.05) is 15.6 Å².